The van der Waals surface area contributed by atoms with Gasteiger partial charge in [-0.25, -0.2) is 0 Å². The molecular formula is C56H52N3+. The van der Waals surface area contributed by atoms with Crippen molar-refractivity contribution >= 4 is 65.3 Å². The largest absolute Gasteiger partial charge is 0.303 e. The molecule has 4 heterocycles. The molecule has 11 rings (SSSR count). The third kappa shape index (κ3) is 5.03. The summed E-state index contributed by atoms with van der Waals surface area (Å²) in [6.45, 7) is 19.4. The second-order valence-corrected chi connectivity index (χ2v) is 18.3. The van der Waals surface area contributed by atoms with Crippen LogP contribution in [0.2, 0.25) is 0 Å². The average molecular weight is 767 g/mol. The van der Waals surface area contributed by atoms with Gasteiger partial charge < -0.3 is 4.57 Å². The lowest BCUT2D eigenvalue weighted by molar-refractivity contribution is -0.674. The summed E-state index contributed by atoms with van der Waals surface area (Å²) >= 11 is 0. The van der Waals surface area contributed by atoms with Crippen LogP contribution in [0.3, 0.4) is 0 Å². The molecule has 59 heavy (non-hydrogen) atoms. The van der Waals surface area contributed by atoms with Gasteiger partial charge in [-0.15, -0.1) is 0 Å². The number of aromatic nitrogens is 3. The zero-order valence-electron chi connectivity index (χ0n) is 35.6. The first kappa shape index (κ1) is 35.9. The van der Waals surface area contributed by atoms with E-state index in [1.165, 1.54) is 115 Å². The van der Waals surface area contributed by atoms with Crippen molar-refractivity contribution in [1.29, 1.82) is 0 Å². The highest BCUT2D eigenvalue weighted by Crippen LogP contribution is 2.50. The van der Waals surface area contributed by atoms with Crippen molar-refractivity contribution < 1.29 is 4.57 Å². The van der Waals surface area contributed by atoms with Gasteiger partial charge in [0.1, 0.15) is 5.52 Å². The first-order valence-electron chi connectivity index (χ1n) is 21.8. The van der Waals surface area contributed by atoms with E-state index in [9.17, 15) is 0 Å². The molecule has 0 atom stereocenters. The summed E-state index contributed by atoms with van der Waals surface area (Å²) in [6, 6.07) is 48.7. The van der Waals surface area contributed by atoms with Gasteiger partial charge in [-0.1, -0.05) is 146 Å². The maximum Gasteiger partial charge on any atom is 0.241 e. The van der Waals surface area contributed by atoms with Crippen LogP contribution in [-0.2, 0) is 6.67 Å². The van der Waals surface area contributed by atoms with Gasteiger partial charge in [0.05, 0.1) is 21.9 Å². The molecule has 0 amide bonds. The first-order valence-corrected chi connectivity index (χ1v) is 21.8. The third-order valence-electron chi connectivity index (χ3n) is 13.5. The van der Waals surface area contributed by atoms with Crippen molar-refractivity contribution in [3.8, 4) is 27.9 Å². The van der Waals surface area contributed by atoms with E-state index in [1.807, 2.05) is 0 Å². The molecule has 3 nitrogen and oxygen atoms in total. The summed E-state index contributed by atoms with van der Waals surface area (Å²) in [5, 5.41) is 9.31. The van der Waals surface area contributed by atoms with E-state index >= 15 is 0 Å². The summed E-state index contributed by atoms with van der Waals surface area (Å²) in [6.07, 6.45) is 2.39. The van der Waals surface area contributed by atoms with E-state index in [1.54, 1.807) is 0 Å². The van der Waals surface area contributed by atoms with Gasteiger partial charge in [0.2, 0.25) is 12.2 Å². The topological polar surface area (TPSA) is 13.7 Å². The SMILES string of the molecule is CC(C)c1cccc(C(C)C)c1-c1ccc2c(c1)c1c3ccccc3c3ccc4c5c3c1n2C[n+]1ccc(-c2c(C(C)C)cccc2C(C)C)c(c51)n4-c1ccccc1. The van der Waals surface area contributed by atoms with Crippen LogP contribution in [-0.4, -0.2) is 9.13 Å². The Morgan fingerprint density at radius 1 is 0.458 bits per heavy atom. The Balaban J connectivity index is 1.36. The van der Waals surface area contributed by atoms with E-state index in [2.05, 4.69) is 203 Å². The Kier molecular flexibility index (Phi) is 8.02. The van der Waals surface area contributed by atoms with Crippen LogP contribution in [0.1, 0.15) is 101 Å². The van der Waals surface area contributed by atoms with E-state index in [4.69, 9.17) is 0 Å². The van der Waals surface area contributed by atoms with Gasteiger partial charge in [0.25, 0.3) is 0 Å². The molecule has 10 aromatic rings. The molecule has 0 spiro atoms. The molecule has 0 radical (unpaired) electrons. The molecule has 0 unspecified atom stereocenters. The quantitative estimate of drug-likeness (QED) is 0.113. The fourth-order valence-electron chi connectivity index (χ4n) is 10.9. The number of rotatable bonds is 7. The van der Waals surface area contributed by atoms with Crippen molar-refractivity contribution in [2.75, 3.05) is 0 Å². The fourth-order valence-corrected chi connectivity index (χ4v) is 10.9. The summed E-state index contributed by atoms with van der Waals surface area (Å²) in [5.41, 5.74) is 18.7. The van der Waals surface area contributed by atoms with Crippen molar-refractivity contribution in [2.24, 2.45) is 0 Å². The molecule has 7 aromatic carbocycles. The molecule has 0 saturated carbocycles. The van der Waals surface area contributed by atoms with E-state index in [0.29, 0.717) is 23.7 Å². The molecule has 3 aromatic heterocycles. The van der Waals surface area contributed by atoms with Crippen molar-refractivity contribution in [3.63, 3.8) is 0 Å². The van der Waals surface area contributed by atoms with Gasteiger partial charge in [-0.05, 0) is 109 Å². The minimum absolute atomic E-state index is 0.379. The van der Waals surface area contributed by atoms with E-state index in [-0.39, 0.29) is 0 Å². The maximum atomic E-state index is 2.63. The van der Waals surface area contributed by atoms with Crippen molar-refractivity contribution in [2.45, 2.75) is 85.7 Å². The normalized spacial score (nSPS) is 12.9. The van der Waals surface area contributed by atoms with Gasteiger partial charge in [0.15, 0.2) is 6.20 Å². The predicted octanol–water partition coefficient (Wildman–Crippen LogP) is 15.1. The highest BCUT2D eigenvalue weighted by atomic mass is 15.2. The number of hydrogen-bond donors (Lipinski definition) is 0. The first-order chi connectivity index (χ1) is 28.6. The van der Waals surface area contributed by atoms with Crippen molar-refractivity contribution in [3.05, 3.63) is 156 Å². The number of nitrogens with zero attached hydrogens (tertiary/aromatic N) is 3. The highest BCUT2D eigenvalue weighted by molar-refractivity contribution is 6.38. The zero-order chi connectivity index (χ0) is 40.4. The number of para-hydroxylation sites is 1. The molecule has 0 fully saturated rings. The van der Waals surface area contributed by atoms with Gasteiger partial charge in [-0.2, -0.15) is 4.57 Å². The summed E-state index contributed by atoms with van der Waals surface area (Å²) in [7, 11) is 0. The lowest BCUT2D eigenvalue weighted by atomic mass is 9.84. The number of hydrogen-bond acceptors (Lipinski definition) is 0. The lowest BCUT2D eigenvalue weighted by Crippen LogP contribution is -2.37. The third-order valence-corrected chi connectivity index (χ3v) is 13.5. The van der Waals surface area contributed by atoms with Crippen LogP contribution in [0.4, 0.5) is 0 Å². The average Bonchev–Trinajstić information content (AvgIpc) is 3.71. The Morgan fingerprint density at radius 3 is 1.68 bits per heavy atom. The Labute approximate surface area is 347 Å². The minimum Gasteiger partial charge on any atom is -0.303 e. The fraction of sp³-hybridized carbons (Fsp3) is 0.232. The smallest absolute Gasteiger partial charge is 0.241 e. The molecule has 1 aliphatic rings. The van der Waals surface area contributed by atoms with Crippen LogP contribution < -0.4 is 4.57 Å². The molecular weight excluding hydrogens is 715 g/mol. The molecule has 0 aliphatic carbocycles. The van der Waals surface area contributed by atoms with Crippen LogP contribution in [0.15, 0.2) is 134 Å². The summed E-state index contributed by atoms with van der Waals surface area (Å²) in [4.78, 5) is 0. The molecule has 3 heteroatoms. The van der Waals surface area contributed by atoms with Crippen molar-refractivity contribution in [1.82, 2.24) is 9.13 Å². The maximum absolute atomic E-state index is 2.63. The Morgan fingerprint density at radius 2 is 1.03 bits per heavy atom. The number of pyridine rings is 1. The predicted molar refractivity (Wildman–Crippen MR) is 252 cm³/mol. The van der Waals surface area contributed by atoms with Crippen LogP contribution >= 0.6 is 0 Å². The van der Waals surface area contributed by atoms with Crippen LogP contribution in [0.5, 0.6) is 0 Å². The highest BCUT2D eigenvalue weighted by Gasteiger charge is 2.33. The Hall–Kier alpha value is -6.19. The Bertz CT molecular complexity index is 3300. The second kappa shape index (κ2) is 13.2. The molecule has 0 N–H and O–H groups in total. The summed E-state index contributed by atoms with van der Waals surface area (Å²) in [5.74, 6) is 1.60. The monoisotopic (exact) mass is 766 g/mol. The summed E-state index contributed by atoms with van der Waals surface area (Å²) < 4.78 is 7.76. The van der Waals surface area contributed by atoms with E-state index in [0.717, 1.165) is 6.67 Å². The second-order valence-electron chi connectivity index (χ2n) is 18.3. The lowest BCUT2D eigenvalue weighted by Gasteiger charge is -2.21. The molecule has 1 aliphatic heterocycles. The van der Waals surface area contributed by atoms with Gasteiger partial charge in [-0.3, -0.25) is 4.57 Å². The van der Waals surface area contributed by atoms with Crippen LogP contribution in [0, 0.1) is 0 Å². The number of benzene rings is 7. The van der Waals surface area contributed by atoms with Crippen LogP contribution in [0.25, 0.3) is 93.2 Å². The van der Waals surface area contributed by atoms with Gasteiger partial charge in [0, 0.05) is 33.5 Å². The molecule has 290 valence electrons. The molecule has 0 bridgehead atoms. The van der Waals surface area contributed by atoms with Gasteiger partial charge >= 0.3 is 0 Å². The minimum atomic E-state index is 0.379. The standard InChI is InChI=1S/C56H52N3/c1-32(2)38-20-14-21-39(33(3)4)49(38)36-24-26-47-46(30-36)51-43-19-13-12-18-42(43)44-25-27-48-53-52(44)55(51)58(47)31-57-29-28-45(50-40(34(5)6)22-15-23-41(50)35(7)8)54(56(53)57)59(48)37-16-10-9-11-17-37/h9-30,32-35H,31H2,1-8H3/q+1. The molecule has 0 saturated heterocycles. The zero-order valence-corrected chi connectivity index (χ0v) is 35.6. The number of fused-ring (bicyclic) bond motifs is 6. The van der Waals surface area contributed by atoms with E-state index < -0.39 is 0 Å².